The fraction of sp³-hybridized carbons (Fsp3) is 0.308. The summed E-state index contributed by atoms with van der Waals surface area (Å²) < 4.78 is 62.8. The summed E-state index contributed by atoms with van der Waals surface area (Å²) in [6.45, 7) is -0.732. The van der Waals surface area contributed by atoms with Crippen LogP contribution in [0.3, 0.4) is 0 Å². The second-order valence-corrected chi connectivity index (χ2v) is 15.9. The SMILES string of the molecule is COC(=O)NC(C(=O)Nc1ccccc1CCC(CO)N(CC1CC(F)(F)C1)S(=O)(=O)c1ccc2ncsc2c1)C(c1ccccc1)c1ccccc1. The molecule has 0 bridgehead atoms. The summed E-state index contributed by atoms with van der Waals surface area (Å²) in [6, 6.07) is 28.1. The average Bonchev–Trinajstić information content (AvgIpc) is 3.63. The summed E-state index contributed by atoms with van der Waals surface area (Å²) in [7, 11) is -3.01. The maximum atomic E-state index is 14.2. The van der Waals surface area contributed by atoms with Gasteiger partial charge in [-0.1, -0.05) is 78.9 Å². The first-order valence-corrected chi connectivity index (χ1v) is 19.5. The Morgan fingerprint density at radius 3 is 2.25 bits per heavy atom. The Hall–Kier alpha value is -4.76. The quantitative estimate of drug-likeness (QED) is 0.106. The molecule has 53 heavy (non-hydrogen) atoms. The van der Waals surface area contributed by atoms with Crippen LogP contribution in [-0.2, 0) is 26.0 Å². The molecule has 5 aromatic rings. The molecule has 1 fully saturated rings. The number of para-hydroxylation sites is 1. The predicted octanol–water partition coefficient (Wildman–Crippen LogP) is 6.82. The number of thiazole rings is 1. The number of carbonyl (C=O) groups excluding carboxylic acids is 2. The summed E-state index contributed by atoms with van der Waals surface area (Å²) in [4.78, 5) is 31.0. The van der Waals surface area contributed by atoms with Gasteiger partial charge in [-0.05, 0) is 59.7 Å². The second-order valence-electron chi connectivity index (χ2n) is 13.1. The number of carbonyl (C=O) groups is 2. The third kappa shape index (κ3) is 8.90. The maximum absolute atomic E-state index is 14.2. The molecular formula is C39H40F2N4O6S2. The van der Waals surface area contributed by atoms with E-state index in [0.717, 1.165) is 15.4 Å². The highest BCUT2D eigenvalue weighted by Gasteiger charge is 2.47. The van der Waals surface area contributed by atoms with Crippen molar-refractivity contribution in [1.29, 1.82) is 0 Å². The van der Waals surface area contributed by atoms with E-state index < -0.39 is 71.3 Å². The van der Waals surface area contributed by atoms with Crippen LogP contribution in [0.15, 0.2) is 114 Å². The number of hydrogen-bond acceptors (Lipinski definition) is 8. The number of nitrogens with one attached hydrogen (secondary N) is 2. The lowest BCUT2D eigenvalue weighted by Crippen LogP contribution is -2.49. The van der Waals surface area contributed by atoms with Gasteiger partial charge in [-0.15, -0.1) is 11.3 Å². The van der Waals surface area contributed by atoms with Gasteiger partial charge in [0.15, 0.2) is 0 Å². The zero-order valence-electron chi connectivity index (χ0n) is 28.9. The van der Waals surface area contributed by atoms with Crippen molar-refractivity contribution >= 4 is 49.3 Å². The van der Waals surface area contributed by atoms with E-state index in [-0.39, 0.29) is 24.3 Å². The van der Waals surface area contributed by atoms with Crippen molar-refractivity contribution in [3.05, 3.63) is 125 Å². The van der Waals surface area contributed by atoms with Gasteiger partial charge >= 0.3 is 6.09 Å². The van der Waals surface area contributed by atoms with Gasteiger partial charge < -0.3 is 20.5 Å². The largest absolute Gasteiger partial charge is 0.453 e. The van der Waals surface area contributed by atoms with Crippen molar-refractivity contribution in [3.8, 4) is 0 Å². The lowest BCUT2D eigenvalue weighted by atomic mass is 9.81. The molecule has 1 aliphatic carbocycles. The smallest absolute Gasteiger partial charge is 0.407 e. The number of alkyl halides is 2. The number of anilines is 1. The van der Waals surface area contributed by atoms with E-state index in [4.69, 9.17) is 4.74 Å². The van der Waals surface area contributed by atoms with E-state index in [9.17, 15) is 31.9 Å². The molecule has 0 radical (unpaired) electrons. The Morgan fingerprint density at radius 2 is 1.62 bits per heavy atom. The molecule has 4 aromatic carbocycles. The number of amides is 2. The van der Waals surface area contributed by atoms with Gasteiger partial charge in [0.25, 0.3) is 0 Å². The van der Waals surface area contributed by atoms with Crippen molar-refractivity contribution in [1.82, 2.24) is 14.6 Å². The number of ether oxygens (including phenoxy) is 1. The predicted molar refractivity (Wildman–Crippen MR) is 200 cm³/mol. The van der Waals surface area contributed by atoms with Gasteiger partial charge in [0.1, 0.15) is 6.04 Å². The number of nitrogens with zero attached hydrogens (tertiary/aromatic N) is 2. The van der Waals surface area contributed by atoms with Crippen molar-refractivity contribution < 1.29 is 36.6 Å². The molecule has 1 saturated carbocycles. The van der Waals surface area contributed by atoms with Crippen molar-refractivity contribution in [2.45, 2.75) is 54.5 Å². The number of aromatic nitrogens is 1. The number of aryl methyl sites for hydroxylation is 1. The van der Waals surface area contributed by atoms with Crippen LogP contribution in [0.1, 0.15) is 41.9 Å². The van der Waals surface area contributed by atoms with Gasteiger partial charge in [-0.25, -0.2) is 27.0 Å². The standard InChI is InChI=1S/C39H40F2N4O6S2/c1-51-38(48)44-36(35(28-11-4-2-5-12-28)29-13-6-3-7-14-29)37(47)43-32-15-9-8-10-27(32)16-17-30(24-46)45(23-26-21-39(40,41)22-26)53(49,50)31-18-19-33-34(20-31)52-25-42-33/h2-15,18-20,25-26,30,35-36,46H,16-17,21-24H2,1H3,(H,43,47)(H,44,48). The van der Waals surface area contributed by atoms with E-state index in [1.54, 1.807) is 35.8 Å². The maximum Gasteiger partial charge on any atom is 0.407 e. The number of fused-ring (bicyclic) bond motifs is 1. The summed E-state index contributed by atoms with van der Waals surface area (Å²) in [5, 5.41) is 16.3. The summed E-state index contributed by atoms with van der Waals surface area (Å²) in [5.41, 5.74) is 4.89. The lowest BCUT2D eigenvalue weighted by Gasteiger charge is -2.40. The Bertz CT molecular complexity index is 2090. The van der Waals surface area contributed by atoms with Crippen LogP contribution in [0.2, 0.25) is 0 Å². The molecule has 6 rings (SSSR count). The molecule has 0 aliphatic heterocycles. The van der Waals surface area contributed by atoms with Crippen LogP contribution < -0.4 is 10.6 Å². The van der Waals surface area contributed by atoms with Crippen LogP contribution in [-0.4, -0.2) is 73.1 Å². The van der Waals surface area contributed by atoms with E-state index in [2.05, 4.69) is 15.6 Å². The molecule has 2 unspecified atom stereocenters. The van der Waals surface area contributed by atoms with Crippen LogP contribution >= 0.6 is 11.3 Å². The van der Waals surface area contributed by atoms with E-state index in [0.29, 0.717) is 21.5 Å². The number of alkyl carbamates (subject to hydrolysis) is 1. The van der Waals surface area contributed by atoms with Crippen molar-refractivity contribution in [2.24, 2.45) is 5.92 Å². The first-order valence-electron chi connectivity index (χ1n) is 17.2. The van der Waals surface area contributed by atoms with E-state index in [1.807, 2.05) is 60.7 Å². The first-order chi connectivity index (χ1) is 25.5. The third-order valence-electron chi connectivity index (χ3n) is 9.55. The number of halogens is 2. The number of hydrogen-bond donors (Lipinski definition) is 3. The zero-order chi connectivity index (χ0) is 37.6. The highest BCUT2D eigenvalue weighted by Crippen LogP contribution is 2.43. The molecule has 1 aromatic heterocycles. The molecule has 0 saturated heterocycles. The van der Waals surface area contributed by atoms with Crippen LogP contribution in [0, 0.1) is 5.92 Å². The Balaban J connectivity index is 1.26. The molecule has 1 aliphatic rings. The number of rotatable bonds is 15. The molecule has 14 heteroatoms. The molecular weight excluding hydrogens is 723 g/mol. The Kier molecular flexibility index (Phi) is 11.8. The zero-order valence-corrected chi connectivity index (χ0v) is 30.5. The number of benzene rings is 4. The van der Waals surface area contributed by atoms with Crippen molar-refractivity contribution in [3.63, 3.8) is 0 Å². The third-order valence-corrected chi connectivity index (χ3v) is 12.3. The first kappa shape index (κ1) is 38.0. The molecule has 2 amide bonds. The fourth-order valence-corrected chi connectivity index (χ4v) is 9.39. The number of aliphatic hydroxyl groups is 1. The highest BCUT2D eigenvalue weighted by atomic mass is 32.2. The van der Waals surface area contributed by atoms with Crippen molar-refractivity contribution in [2.75, 3.05) is 25.6 Å². The molecule has 278 valence electrons. The highest BCUT2D eigenvalue weighted by molar-refractivity contribution is 7.89. The number of methoxy groups -OCH3 is 1. The van der Waals surface area contributed by atoms with Gasteiger partial charge in [0.2, 0.25) is 21.9 Å². The Morgan fingerprint density at radius 1 is 0.981 bits per heavy atom. The summed E-state index contributed by atoms with van der Waals surface area (Å²) in [5.74, 6) is -4.54. The summed E-state index contributed by atoms with van der Waals surface area (Å²) in [6.07, 6.45) is -1.32. The van der Waals surface area contributed by atoms with E-state index in [1.165, 1.54) is 30.6 Å². The van der Waals surface area contributed by atoms with Gasteiger partial charge in [-0.2, -0.15) is 4.31 Å². The van der Waals surface area contributed by atoms with Gasteiger partial charge in [0, 0.05) is 37.0 Å². The van der Waals surface area contributed by atoms with Gasteiger partial charge in [-0.3, -0.25) is 4.79 Å². The summed E-state index contributed by atoms with van der Waals surface area (Å²) >= 11 is 1.28. The van der Waals surface area contributed by atoms with E-state index >= 15 is 0 Å². The monoisotopic (exact) mass is 762 g/mol. The normalized spacial score (nSPS) is 15.5. The molecule has 0 spiro atoms. The van der Waals surface area contributed by atoms with Crippen LogP contribution in [0.25, 0.3) is 10.2 Å². The topological polar surface area (TPSA) is 138 Å². The van der Waals surface area contributed by atoms with Crippen LogP contribution in [0.5, 0.6) is 0 Å². The second kappa shape index (κ2) is 16.5. The Labute approximate surface area is 310 Å². The minimum atomic E-state index is -4.23. The molecule has 2 atom stereocenters. The lowest BCUT2D eigenvalue weighted by molar-refractivity contribution is -0.118. The molecule has 3 N–H and O–H groups in total. The van der Waals surface area contributed by atoms with Crippen LogP contribution in [0.4, 0.5) is 19.3 Å². The number of aliphatic hydroxyl groups excluding tert-OH is 1. The molecule has 10 nitrogen and oxygen atoms in total. The molecule has 1 heterocycles. The fourth-order valence-electron chi connectivity index (χ4n) is 6.85. The number of sulfonamides is 1. The minimum Gasteiger partial charge on any atom is -0.453 e. The minimum absolute atomic E-state index is 0.0121. The van der Waals surface area contributed by atoms with Gasteiger partial charge in [0.05, 0.1) is 34.3 Å². The average molecular weight is 763 g/mol.